The number of ether oxygens (including phenoxy) is 1. The highest BCUT2D eigenvalue weighted by Gasteiger charge is 2.15. The van der Waals surface area contributed by atoms with Crippen molar-refractivity contribution in [3.8, 4) is 0 Å². The molecule has 1 fully saturated rings. The lowest BCUT2D eigenvalue weighted by atomic mass is 10.3. The van der Waals surface area contributed by atoms with Gasteiger partial charge in [-0.15, -0.1) is 0 Å². The first-order valence-electron chi connectivity index (χ1n) is 10.7. The van der Waals surface area contributed by atoms with Crippen LogP contribution < -0.4 is 26.6 Å². The number of nitrogens with one attached hydrogen (secondary N) is 4. The molecule has 2 aromatic carbocycles. The topological polar surface area (TPSA) is 176 Å². The van der Waals surface area contributed by atoms with E-state index >= 15 is 0 Å². The molecule has 0 atom stereocenters. The lowest BCUT2D eigenvalue weighted by molar-refractivity contribution is -0.122. The zero-order valence-electron chi connectivity index (χ0n) is 18.6. The molecule has 0 saturated carbocycles. The van der Waals surface area contributed by atoms with Gasteiger partial charge in [-0.2, -0.15) is 15.0 Å². The standard InChI is InChI=1S/C21H25N9O4S/c22-35(32,33)17-8-6-16(7-9-17)24-20-25-19(23-15-4-2-1-3-5-15)26-21(27-20)29-28-18(31)14-30-10-12-34-13-11-30/h1-9H,10-14H2,(H,28,31)(H2,22,32,33)(H3,23,24,25,26,27,29). The van der Waals surface area contributed by atoms with Gasteiger partial charge in [-0.25, -0.2) is 13.6 Å². The number of para-hydroxylation sites is 1. The van der Waals surface area contributed by atoms with Crippen molar-refractivity contribution >= 4 is 45.2 Å². The minimum atomic E-state index is -3.81. The summed E-state index contributed by atoms with van der Waals surface area (Å²) >= 11 is 0. The van der Waals surface area contributed by atoms with Gasteiger partial charge in [0.2, 0.25) is 27.9 Å². The molecule has 0 radical (unpaired) electrons. The quantitative estimate of drug-likeness (QED) is 0.263. The number of nitrogens with two attached hydrogens (primary N) is 1. The number of hydrogen-bond acceptors (Lipinski definition) is 11. The minimum absolute atomic E-state index is 0.0181. The molecule has 1 aliphatic rings. The highest BCUT2D eigenvalue weighted by molar-refractivity contribution is 7.89. The van der Waals surface area contributed by atoms with Gasteiger partial charge in [0, 0.05) is 24.5 Å². The highest BCUT2D eigenvalue weighted by Crippen LogP contribution is 2.19. The molecule has 184 valence electrons. The molecule has 0 unspecified atom stereocenters. The summed E-state index contributed by atoms with van der Waals surface area (Å²) in [4.78, 5) is 27.2. The molecular weight excluding hydrogens is 474 g/mol. The Hall–Kier alpha value is -3.85. The first-order chi connectivity index (χ1) is 16.8. The second-order valence-corrected chi connectivity index (χ2v) is 9.11. The van der Waals surface area contributed by atoms with E-state index in [2.05, 4.69) is 36.4 Å². The number of aromatic nitrogens is 3. The monoisotopic (exact) mass is 499 g/mol. The molecule has 1 aromatic heterocycles. The average Bonchev–Trinajstić information content (AvgIpc) is 2.84. The zero-order valence-corrected chi connectivity index (χ0v) is 19.5. The smallest absolute Gasteiger partial charge is 0.252 e. The molecule has 1 aliphatic heterocycles. The number of carbonyl (C=O) groups excluding carboxylic acids is 1. The van der Waals surface area contributed by atoms with E-state index in [1.165, 1.54) is 24.3 Å². The zero-order chi connectivity index (χ0) is 24.7. The molecule has 2 heterocycles. The Labute approximate surface area is 202 Å². The number of benzene rings is 2. The van der Waals surface area contributed by atoms with Gasteiger partial charge in [0.15, 0.2) is 0 Å². The van der Waals surface area contributed by atoms with Crippen LogP contribution in [0.1, 0.15) is 0 Å². The number of carbonyl (C=O) groups is 1. The lowest BCUT2D eigenvalue weighted by Crippen LogP contribution is -2.44. The lowest BCUT2D eigenvalue weighted by Gasteiger charge is -2.25. The van der Waals surface area contributed by atoms with Crippen LogP contribution >= 0.6 is 0 Å². The fraction of sp³-hybridized carbons (Fsp3) is 0.238. The molecule has 6 N–H and O–H groups in total. The van der Waals surface area contributed by atoms with Crippen LogP contribution in [0, 0.1) is 0 Å². The highest BCUT2D eigenvalue weighted by atomic mass is 32.2. The van der Waals surface area contributed by atoms with Crippen molar-refractivity contribution in [2.45, 2.75) is 4.90 Å². The SMILES string of the molecule is NS(=O)(=O)c1ccc(Nc2nc(NNC(=O)CN3CCOCC3)nc(Nc3ccccc3)n2)cc1. The summed E-state index contributed by atoms with van der Waals surface area (Å²) in [5.41, 5.74) is 6.59. The fourth-order valence-corrected chi connectivity index (χ4v) is 3.69. The van der Waals surface area contributed by atoms with E-state index in [9.17, 15) is 13.2 Å². The number of primary sulfonamides is 1. The van der Waals surface area contributed by atoms with Crippen LogP contribution in [0.2, 0.25) is 0 Å². The number of anilines is 5. The summed E-state index contributed by atoms with van der Waals surface area (Å²) in [6.45, 7) is 2.76. The number of sulfonamides is 1. The van der Waals surface area contributed by atoms with Gasteiger partial charge in [0.1, 0.15) is 0 Å². The Kier molecular flexibility index (Phi) is 7.67. The summed E-state index contributed by atoms with van der Waals surface area (Å²) in [6, 6.07) is 15.1. The molecule has 35 heavy (non-hydrogen) atoms. The molecule has 0 spiro atoms. The third kappa shape index (κ3) is 7.31. The van der Waals surface area contributed by atoms with E-state index in [0.29, 0.717) is 32.0 Å². The predicted molar refractivity (Wildman–Crippen MR) is 130 cm³/mol. The molecule has 0 aliphatic carbocycles. The van der Waals surface area contributed by atoms with Gasteiger partial charge >= 0.3 is 0 Å². The van der Waals surface area contributed by atoms with Crippen molar-refractivity contribution in [1.29, 1.82) is 0 Å². The number of amides is 1. The van der Waals surface area contributed by atoms with Crippen LogP contribution in [-0.4, -0.2) is 67.0 Å². The number of morpholine rings is 1. The summed E-state index contributed by atoms with van der Waals surface area (Å²) < 4.78 is 28.3. The van der Waals surface area contributed by atoms with Crippen LogP contribution in [0.4, 0.5) is 29.2 Å². The second kappa shape index (κ2) is 11.1. The Balaban J connectivity index is 1.49. The Bertz CT molecular complexity index is 1250. The number of hydrazine groups is 1. The van der Waals surface area contributed by atoms with Crippen LogP contribution in [0.3, 0.4) is 0 Å². The van der Waals surface area contributed by atoms with Crippen molar-refractivity contribution in [3.63, 3.8) is 0 Å². The van der Waals surface area contributed by atoms with E-state index in [4.69, 9.17) is 9.88 Å². The average molecular weight is 500 g/mol. The summed E-state index contributed by atoms with van der Waals surface area (Å²) in [6.07, 6.45) is 0. The fourth-order valence-electron chi connectivity index (χ4n) is 3.18. The van der Waals surface area contributed by atoms with Gasteiger partial charge in [-0.3, -0.25) is 20.5 Å². The molecule has 0 bridgehead atoms. The largest absolute Gasteiger partial charge is 0.379 e. The molecule has 14 heteroatoms. The van der Waals surface area contributed by atoms with E-state index in [0.717, 1.165) is 5.69 Å². The predicted octanol–water partition coefficient (Wildman–Crippen LogP) is 0.782. The van der Waals surface area contributed by atoms with Crippen LogP contribution in [0.15, 0.2) is 59.5 Å². The first kappa shape index (κ1) is 24.3. The molecule has 3 aromatic rings. The molecule has 1 amide bonds. The first-order valence-corrected chi connectivity index (χ1v) is 12.2. The van der Waals surface area contributed by atoms with Gasteiger partial charge in [0.25, 0.3) is 5.91 Å². The Morgan fingerprint density at radius 2 is 1.46 bits per heavy atom. The number of nitrogens with zero attached hydrogens (tertiary/aromatic N) is 4. The van der Waals surface area contributed by atoms with Gasteiger partial charge in [-0.05, 0) is 36.4 Å². The van der Waals surface area contributed by atoms with Crippen LogP contribution in [0.25, 0.3) is 0 Å². The molecular formula is C21H25N9O4S. The van der Waals surface area contributed by atoms with E-state index in [1.807, 2.05) is 35.2 Å². The van der Waals surface area contributed by atoms with Crippen molar-refractivity contribution in [2.75, 3.05) is 48.9 Å². The normalized spacial score (nSPS) is 14.2. The Morgan fingerprint density at radius 3 is 2.06 bits per heavy atom. The summed E-state index contributed by atoms with van der Waals surface area (Å²) in [5.74, 6) is 0.224. The number of rotatable bonds is 9. The minimum Gasteiger partial charge on any atom is -0.379 e. The van der Waals surface area contributed by atoms with E-state index in [-0.39, 0.29) is 35.2 Å². The molecule has 13 nitrogen and oxygen atoms in total. The van der Waals surface area contributed by atoms with E-state index < -0.39 is 10.0 Å². The van der Waals surface area contributed by atoms with Crippen LogP contribution in [0.5, 0.6) is 0 Å². The van der Waals surface area contributed by atoms with Gasteiger partial charge in [0.05, 0.1) is 24.7 Å². The summed E-state index contributed by atoms with van der Waals surface area (Å²) in [5, 5.41) is 11.2. The van der Waals surface area contributed by atoms with Crippen molar-refractivity contribution < 1.29 is 17.9 Å². The second-order valence-electron chi connectivity index (χ2n) is 7.55. The van der Waals surface area contributed by atoms with Crippen molar-refractivity contribution in [3.05, 3.63) is 54.6 Å². The summed E-state index contributed by atoms with van der Waals surface area (Å²) in [7, 11) is -3.81. The third-order valence-corrected chi connectivity index (χ3v) is 5.82. The maximum Gasteiger partial charge on any atom is 0.252 e. The van der Waals surface area contributed by atoms with Crippen molar-refractivity contribution in [2.24, 2.45) is 5.14 Å². The Morgan fingerprint density at radius 1 is 0.886 bits per heavy atom. The van der Waals surface area contributed by atoms with Gasteiger partial charge in [-0.1, -0.05) is 18.2 Å². The molecule has 1 saturated heterocycles. The van der Waals surface area contributed by atoms with E-state index in [1.54, 1.807) is 0 Å². The van der Waals surface area contributed by atoms with Gasteiger partial charge < -0.3 is 15.4 Å². The number of hydrogen-bond donors (Lipinski definition) is 5. The van der Waals surface area contributed by atoms with Crippen molar-refractivity contribution in [1.82, 2.24) is 25.3 Å². The molecule has 4 rings (SSSR count). The maximum absolute atomic E-state index is 12.3. The third-order valence-electron chi connectivity index (χ3n) is 4.89. The maximum atomic E-state index is 12.3. The van der Waals surface area contributed by atoms with Crippen LogP contribution in [-0.2, 0) is 19.6 Å².